The number of thioether (sulfide) groups is 1. The first-order valence-electron chi connectivity index (χ1n) is 5.66. The van der Waals surface area contributed by atoms with E-state index in [9.17, 15) is 0 Å². The third-order valence-corrected chi connectivity index (χ3v) is 3.56. The third-order valence-electron chi connectivity index (χ3n) is 2.63. The van der Waals surface area contributed by atoms with Gasteiger partial charge in [0, 0.05) is 12.2 Å². The minimum absolute atomic E-state index is 0.0396. The van der Waals surface area contributed by atoms with Gasteiger partial charge in [0.25, 0.3) is 0 Å². The molecule has 0 aliphatic carbocycles. The van der Waals surface area contributed by atoms with Crippen LogP contribution in [0.5, 0.6) is 0 Å². The maximum Gasteiger partial charge on any atom is 0.0951 e. The molecule has 0 aliphatic heterocycles. The Morgan fingerprint density at radius 2 is 2.38 bits per heavy atom. The molecule has 0 bridgehead atoms. The molecular weight excluding hydrogens is 222 g/mol. The molecule has 16 heavy (non-hydrogen) atoms. The monoisotopic (exact) mass is 243 g/mol. The van der Waals surface area contributed by atoms with Gasteiger partial charge in [-0.25, -0.2) is 4.98 Å². The Bertz CT molecular complexity index is 303. The SMILES string of the molecule is CCSCCC(C)n1cncc1C(N)CO. The molecule has 0 saturated heterocycles. The lowest BCUT2D eigenvalue weighted by molar-refractivity contribution is 0.261. The van der Waals surface area contributed by atoms with Crippen molar-refractivity contribution in [1.29, 1.82) is 0 Å². The van der Waals surface area contributed by atoms with Crippen LogP contribution >= 0.6 is 11.8 Å². The van der Waals surface area contributed by atoms with Gasteiger partial charge in [0.15, 0.2) is 0 Å². The van der Waals surface area contributed by atoms with Crippen molar-refractivity contribution in [3.8, 4) is 0 Å². The Morgan fingerprint density at radius 3 is 3.00 bits per heavy atom. The highest BCUT2D eigenvalue weighted by Crippen LogP contribution is 2.19. The summed E-state index contributed by atoms with van der Waals surface area (Å²) >= 11 is 1.94. The van der Waals surface area contributed by atoms with E-state index >= 15 is 0 Å². The fraction of sp³-hybridized carbons (Fsp3) is 0.727. The number of aliphatic hydroxyl groups excluding tert-OH is 1. The summed E-state index contributed by atoms with van der Waals surface area (Å²) in [5.41, 5.74) is 6.73. The van der Waals surface area contributed by atoms with Crippen molar-refractivity contribution in [3.63, 3.8) is 0 Å². The van der Waals surface area contributed by atoms with Gasteiger partial charge in [0.1, 0.15) is 0 Å². The van der Waals surface area contributed by atoms with Crippen molar-refractivity contribution in [1.82, 2.24) is 9.55 Å². The summed E-state index contributed by atoms with van der Waals surface area (Å²) in [7, 11) is 0. The van der Waals surface area contributed by atoms with Crippen LogP contribution in [0.4, 0.5) is 0 Å². The van der Waals surface area contributed by atoms with Gasteiger partial charge in [0.05, 0.1) is 24.7 Å². The van der Waals surface area contributed by atoms with Crippen molar-refractivity contribution in [3.05, 3.63) is 18.2 Å². The molecular formula is C11H21N3OS. The van der Waals surface area contributed by atoms with Gasteiger partial charge in [0.2, 0.25) is 0 Å². The van der Waals surface area contributed by atoms with Crippen molar-refractivity contribution >= 4 is 11.8 Å². The summed E-state index contributed by atoms with van der Waals surface area (Å²) in [5, 5.41) is 9.06. The molecule has 1 heterocycles. The van der Waals surface area contributed by atoms with Crippen LogP contribution in [-0.4, -0.2) is 32.8 Å². The molecule has 0 aliphatic rings. The molecule has 92 valence electrons. The first kappa shape index (κ1) is 13.5. The summed E-state index contributed by atoms with van der Waals surface area (Å²) in [6, 6.07) is 0.0536. The predicted molar refractivity (Wildman–Crippen MR) is 68.6 cm³/mol. The molecule has 3 N–H and O–H groups in total. The lowest BCUT2D eigenvalue weighted by atomic mass is 10.2. The summed E-state index contributed by atoms with van der Waals surface area (Å²) in [5.74, 6) is 2.29. The van der Waals surface area contributed by atoms with Crippen LogP contribution in [0.3, 0.4) is 0 Å². The van der Waals surface area contributed by atoms with Crippen molar-refractivity contribution in [2.24, 2.45) is 5.73 Å². The standard InChI is InChI=1S/C11H21N3OS/c1-3-16-5-4-9(2)14-8-13-6-11(14)10(12)7-15/h6,8-10,15H,3-5,7,12H2,1-2H3. The first-order valence-corrected chi connectivity index (χ1v) is 6.82. The van der Waals surface area contributed by atoms with E-state index in [1.165, 1.54) is 0 Å². The molecule has 0 aromatic carbocycles. The average Bonchev–Trinajstić information content (AvgIpc) is 2.77. The molecule has 1 aromatic rings. The minimum Gasteiger partial charge on any atom is -0.394 e. The second-order valence-electron chi connectivity index (χ2n) is 3.85. The molecule has 1 aromatic heterocycles. The van der Waals surface area contributed by atoms with E-state index in [-0.39, 0.29) is 12.6 Å². The van der Waals surface area contributed by atoms with E-state index in [4.69, 9.17) is 10.8 Å². The van der Waals surface area contributed by atoms with Gasteiger partial charge in [-0.3, -0.25) is 0 Å². The smallest absolute Gasteiger partial charge is 0.0951 e. The van der Waals surface area contributed by atoms with Gasteiger partial charge in [-0.2, -0.15) is 11.8 Å². The van der Waals surface area contributed by atoms with Gasteiger partial charge >= 0.3 is 0 Å². The van der Waals surface area contributed by atoms with E-state index in [0.717, 1.165) is 23.6 Å². The van der Waals surface area contributed by atoms with Crippen molar-refractivity contribution in [2.45, 2.75) is 32.4 Å². The molecule has 4 nitrogen and oxygen atoms in total. The number of nitrogens with two attached hydrogens (primary N) is 1. The molecule has 2 unspecified atom stereocenters. The fourth-order valence-electron chi connectivity index (χ4n) is 1.60. The summed E-state index contributed by atoms with van der Waals surface area (Å²) in [6.45, 7) is 4.28. The number of imidazole rings is 1. The first-order chi connectivity index (χ1) is 7.70. The lowest BCUT2D eigenvalue weighted by Crippen LogP contribution is -2.20. The predicted octanol–water partition coefficient (Wildman–Crippen LogP) is 1.58. The van der Waals surface area contributed by atoms with Crippen LogP contribution in [-0.2, 0) is 0 Å². The topological polar surface area (TPSA) is 64.1 Å². The molecule has 1 rings (SSSR count). The van der Waals surface area contributed by atoms with Gasteiger partial charge in [-0.05, 0) is 24.9 Å². The zero-order valence-corrected chi connectivity index (χ0v) is 10.8. The van der Waals surface area contributed by atoms with E-state index in [2.05, 4.69) is 23.4 Å². The van der Waals surface area contributed by atoms with Crippen LogP contribution < -0.4 is 5.73 Å². The summed E-state index contributed by atoms with van der Waals surface area (Å²) in [6.07, 6.45) is 4.64. The van der Waals surface area contributed by atoms with Gasteiger partial charge in [-0.1, -0.05) is 6.92 Å². The molecule has 2 atom stereocenters. The number of aromatic nitrogens is 2. The maximum absolute atomic E-state index is 9.06. The Morgan fingerprint density at radius 1 is 1.62 bits per heavy atom. The molecule has 0 radical (unpaired) electrons. The third kappa shape index (κ3) is 3.50. The van der Waals surface area contributed by atoms with Crippen molar-refractivity contribution in [2.75, 3.05) is 18.1 Å². The number of hydrogen-bond donors (Lipinski definition) is 2. The summed E-state index contributed by atoms with van der Waals surface area (Å²) < 4.78 is 2.07. The van der Waals surface area contributed by atoms with E-state index < -0.39 is 0 Å². The van der Waals surface area contributed by atoms with Crippen molar-refractivity contribution < 1.29 is 5.11 Å². The van der Waals surface area contributed by atoms with Crippen LogP contribution in [0.2, 0.25) is 0 Å². The number of hydrogen-bond acceptors (Lipinski definition) is 4. The normalized spacial score (nSPS) is 15.0. The minimum atomic E-state index is -0.330. The molecule has 0 spiro atoms. The van der Waals surface area contributed by atoms with E-state index in [1.807, 2.05) is 11.8 Å². The Labute approximate surface area is 101 Å². The fourth-order valence-corrected chi connectivity index (χ4v) is 2.40. The van der Waals surface area contributed by atoms with Crippen LogP contribution in [0.1, 0.15) is 38.0 Å². The highest BCUT2D eigenvalue weighted by atomic mass is 32.2. The Hall–Kier alpha value is -0.520. The quantitative estimate of drug-likeness (QED) is 0.714. The lowest BCUT2D eigenvalue weighted by Gasteiger charge is -2.18. The largest absolute Gasteiger partial charge is 0.394 e. The van der Waals surface area contributed by atoms with Crippen LogP contribution in [0.25, 0.3) is 0 Å². The average molecular weight is 243 g/mol. The van der Waals surface area contributed by atoms with Crippen LogP contribution in [0.15, 0.2) is 12.5 Å². The summed E-state index contributed by atoms with van der Waals surface area (Å²) in [4.78, 5) is 4.11. The second kappa shape index (κ2) is 6.93. The Kier molecular flexibility index (Phi) is 5.87. The zero-order valence-electron chi connectivity index (χ0n) is 9.97. The second-order valence-corrected chi connectivity index (χ2v) is 5.24. The molecule has 0 fully saturated rings. The van der Waals surface area contributed by atoms with E-state index in [1.54, 1.807) is 12.5 Å². The molecule has 0 saturated carbocycles. The Balaban J connectivity index is 2.60. The molecule has 5 heteroatoms. The zero-order chi connectivity index (χ0) is 12.0. The number of rotatable bonds is 7. The van der Waals surface area contributed by atoms with Crippen LogP contribution in [0, 0.1) is 0 Å². The number of nitrogens with zero attached hydrogens (tertiary/aromatic N) is 2. The highest BCUT2D eigenvalue weighted by molar-refractivity contribution is 7.99. The van der Waals surface area contributed by atoms with Gasteiger partial charge < -0.3 is 15.4 Å². The molecule has 0 amide bonds. The van der Waals surface area contributed by atoms with E-state index in [0.29, 0.717) is 6.04 Å². The van der Waals surface area contributed by atoms with Gasteiger partial charge in [-0.15, -0.1) is 0 Å². The number of aliphatic hydroxyl groups is 1. The maximum atomic E-state index is 9.06. The highest BCUT2D eigenvalue weighted by Gasteiger charge is 2.14.